The van der Waals surface area contributed by atoms with Crippen LogP contribution in [0.2, 0.25) is 0 Å². The SMILES string of the molecule is CCc1cccnc1-c1ccccn1.CCc1cccnc1-c1ccccn1.CCc1cccnc1-c1ccccn1.CCc1cccnc1-c1ccccn1.[Ru+2].[Ru+2].c1cnc2c(c1)c1nc3c4cccnc4c4ncccc4c3nc1c1cccnc12. The fraction of sp³-hybridized carbons (Fsp3) is 0.111. The van der Waals surface area contributed by atoms with E-state index < -0.39 is 0 Å². The van der Waals surface area contributed by atoms with Crippen LogP contribution in [0.5, 0.6) is 0 Å². The topological polar surface area (TPSA) is 180 Å². The molecule has 15 rings (SSSR count). The number of aryl methyl sites for hydroxylation is 4. The van der Waals surface area contributed by atoms with Crippen molar-refractivity contribution in [2.45, 2.75) is 53.4 Å². The van der Waals surface area contributed by atoms with Gasteiger partial charge in [0.2, 0.25) is 0 Å². The van der Waals surface area contributed by atoms with Crippen molar-refractivity contribution in [3.8, 4) is 45.6 Å². The standard InChI is InChI=1S/C24H12N6.4C12H12N2.2Ru/c1-5-13-17(25-9-1)18-14(6-2-10-26-18)22-21(13)29-23-15-7-3-11-27-19(15)20-16(24(23)30-22)8-4-12-28-20;4*1-2-10-6-5-9-14-12(10)11-7-3-4-8-13-11;;/h1-12H;4*3-9H,2H2,1H3;;/q;;;;;2*+2. The minimum Gasteiger partial charge on any atom is -0.255 e. The van der Waals surface area contributed by atoms with Gasteiger partial charge in [0.1, 0.15) is 0 Å². The average Bonchev–Trinajstić information content (AvgIpc) is 1.55. The first-order valence-corrected chi connectivity index (χ1v) is 28.7. The van der Waals surface area contributed by atoms with Crippen LogP contribution in [0.4, 0.5) is 0 Å². The molecule has 0 aliphatic heterocycles. The molecule has 0 N–H and O–H groups in total. The van der Waals surface area contributed by atoms with Gasteiger partial charge in [-0.05, 0) is 169 Å². The van der Waals surface area contributed by atoms with Gasteiger partial charge in [0.05, 0.1) is 89.7 Å². The molecule has 0 atom stereocenters. The van der Waals surface area contributed by atoms with E-state index in [1.54, 1.807) is 49.6 Å². The molecule has 2 aromatic carbocycles. The number of pyridine rings is 12. The molecule has 0 aliphatic carbocycles. The zero-order valence-corrected chi connectivity index (χ0v) is 52.4. The van der Waals surface area contributed by atoms with Gasteiger partial charge in [-0.2, -0.15) is 0 Å². The molecule has 430 valence electrons. The van der Waals surface area contributed by atoms with Crippen molar-refractivity contribution in [1.29, 1.82) is 0 Å². The Morgan fingerprint density at radius 1 is 0.205 bits per heavy atom. The zero-order valence-electron chi connectivity index (χ0n) is 48.9. The predicted molar refractivity (Wildman–Crippen MR) is 346 cm³/mol. The van der Waals surface area contributed by atoms with Crippen LogP contribution in [0.3, 0.4) is 0 Å². The van der Waals surface area contributed by atoms with Gasteiger partial charge in [-0.15, -0.1) is 0 Å². The van der Waals surface area contributed by atoms with Gasteiger partial charge in [-0.1, -0.05) is 76.2 Å². The Morgan fingerprint density at radius 3 is 0.614 bits per heavy atom. The van der Waals surface area contributed by atoms with Crippen LogP contribution in [-0.4, -0.2) is 69.8 Å². The Bertz CT molecular complexity index is 4130. The Hall–Kier alpha value is -9.87. The Labute approximate surface area is 536 Å². The van der Waals surface area contributed by atoms with Gasteiger partial charge in [-0.3, -0.25) is 59.8 Å². The summed E-state index contributed by atoms with van der Waals surface area (Å²) in [6.07, 6.45) is 25.5. The number of benzene rings is 2. The predicted octanol–water partition coefficient (Wildman–Crippen LogP) is 15.8. The molecular formula is C72H60N14Ru2+4. The van der Waals surface area contributed by atoms with E-state index in [4.69, 9.17) is 9.97 Å². The molecule has 0 aliphatic rings. The zero-order chi connectivity index (χ0) is 58.9. The second kappa shape index (κ2) is 31.0. The van der Waals surface area contributed by atoms with Crippen LogP contribution < -0.4 is 0 Å². The number of aromatic nitrogens is 14. The summed E-state index contributed by atoms with van der Waals surface area (Å²) in [4.78, 5) is 63.3. The van der Waals surface area contributed by atoms with Gasteiger partial charge in [0.15, 0.2) is 0 Å². The number of hydrogen-bond acceptors (Lipinski definition) is 14. The van der Waals surface area contributed by atoms with Gasteiger partial charge >= 0.3 is 39.0 Å². The molecule has 15 aromatic rings. The number of nitrogens with zero attached hydrogens (tertiary/aromatic N) is 14. The smallest absolute Gasteiger partial charge is 0.255 e. The van der Waals surface area contributed by atoms with Crippen LogP contribution in [0, 0.1) is 0 Å². The van der Waals surface area contributed by atoms with Crippen molar-refractivity contribution in [2.75, 3.05) is 0 Å². The van der Waals surface area contributed by atoms with Crippen LogP contribution in [0.1, 0.15) is 49.9 Å². The Kier molecular flexibility index (Phi) is 22.1. The summed E-state index contributed by atoms with van der Waals surface area (Å²) >= 11 is 0. The minimum absolute atomic E-state index is 0. The molecule has 0 spiro atoms. The average molecular weight is 1320 g/mol. The fourth-order valence-corrected chi connectivity index (χ4v) is 10.2. The van der Waals surface area contributed by atoms with Crippen molar-refractivity contribution in [3.63, 3.8) is 0 Å². The van der Waals surface area contributed by atoms with Crippen molar-refractivity contribution < 1.29 is 39.0 Å². The molecule has 0 saturated carbocycles. The third-order valence-corrected chi connectivity index (χ3v) is 14.3. The molecular weight excluding hydrogens is 1260 g/mol. The van der Waals surface area contributed by atoms with Crippen molar-refractivity contribution in [3.05, 3.63) is 266 Å². The van der Waals surface area contributed by atoms with E-state index in [-0.39, 0.29) is 39.0 Å². The first-order chi connectivity index (χ1) is 42.6. The van der Waals surface area contributed by atoms with E-state index in [2.05, 4.69) is 112 Å². The molecule has 0 radical (unpaired) electrons. The van der Waals surface area contributed by atoms with Gasteiger partial charge in [0, 0.05) is 95.9 Å². The first-order valence-electron chi connectivity index (χ1n) is 28.7. The summed E-state index contributed by atoms with van der Waals surface area (Å²) in [6, 6.07) is 55.6. The molecule has 0 bridgehead atoms. The van der Waals surface area contributed by atoms with E-state index in [9.17, 15) is 0 Å². The molecule has 13 heterocycles. The Balaban J connectivity index is 0.000000137. The minimum atomic E-state index is 0. The summed E-state index contributed by atoms with van der Waals surface area (Å²) < 4.78 is 0. The third-order valence-electron chi connectivity index (χ3n) is 14.3. The largest absolute Gasteiger partial charge is 2.00 e. The van der Waals surface area contributed by atoms with E-state index in [0.29, 0.717) is 0 Å². The summed E-state index contributed by atoms with van der Waals surface area (Å²) in [5.41, 5.74) is 19.4. The maximum absolute atomic E-state index is 5.14. The van der Waals surface area contributed by atoms with Gasteiger partial charge in [-0.25, -0.2) is 9.97 Å². The summed E-state index contributed by atoms with van der Waals surface area (Å²) in [6.45, 7) is 8.51. The van der Waals surface area contributed by atoms with Gasteiger partial charge in [0.25, 0.3) is 0 Å². The second-order valence-corrected chi connectivity index (χ2v) is 19.5. The fourth-order valence-electron chi connectivity index (χ4n) is 10.2. The van der Waals surface area contributed by atoms with Crippen LogP contribution in [0.15, 0.2) is 244 Å². The van der Waals surface area contributed by atoms with E-state index in [0.717, 1.165) is 137 Å². The molecule has 16 heteroatoms. The van der Waals surface area contributed by atoms with E-state index in [1.165, 1.54) is 22.3 Å². The number of hydrogen-bond donors (Lipinski definition) is 0. The quantitative estimate of drug-likeness (QED) is 0.0796. The maximum atomic E-state index is 5.14. The van der Waals surface area contributed by atoms with Crippen LogP contribution in [-0.2, 0) is 64.6 Å². The molecule has 13 aromatic heterocycles. The van der Waals surface area contributed by atoms with Crippen molar-refractivity contribution in [2.24, 2.45) is 0 Å². The maximum Gasteiger partial charge on any atom is 2.00 e. The molecule has 0 fully saturated rings. The molecule has 88 heavy (non-hydrogen) atoms. The first kappa shape index (κ1) is 62.7. The summed E-state index contributed by atoms with van der Waals surface area (Å²) in [5.74, 6) is 0. The normalized spacial score (nSPS) is 10.5. The van der Waals surface area contributed by atoms with Crippen LogP contribution in [0.25, 0.3) is 111 Å². The number of rotatable bonds is 8. The summed E-state index contributed by atoms with van der Waals surface area (Å²) in [7, 11) is 0. The molecule has 14 nitrogen and oxygen atoms in total. The number of fused-ring (bicyclic) bond motifs is 12. The van der Waals surface area contributed by atoms with Crippen molar-refractivity contribution in [1.82, 2.24) is 69.8 Å². The summed E-state index contributed by atoms with van der Waals surface area (Å²) in [5, 5.41) is 3.76. The van der Waals surface area contributed by atoms with Crippen LogP contribution >= 0.6 is 0 Å². The third kappa shape index (κ3) is 14.2. The monoisotopic (exact) mass is 1320 g/mol. The molecule has 0 saturated heterocycles. The Morgan fingerprint density at radius 2 is 0.409 bits per heavy atom. The van der Waals surface area contributed by atoms with E-state index in [1.807, 2.05) is 170 Å². The van der Waals surface area contributed by atoms with E-state index >= 15 is 0 Å². The molecule has 0 unspecified atom stereocenters. The second-order valence-electron chi connectivity index (χ2n) is 19.5. The van der Waals surface area contributed by atoms with Gasteiger partial charge < -0.3 is 0 Å². The molecule has 0 amide bonds. The van der Waals surface area contributed by atoms with Crippen molar-refractivity contribution >= 4 is 65.7 Å².